The SMILES string of the molecule is CSCC[C@@H](NC(=O)c1ccccc1)C(=O)NCc1ccc(S(N)(=O)=O)cc1. The van der Waals surface area contributed by atoms with Gasteiger partial charge in [0.1, 0.15) is 6.04 Å². The fourth-order valence-corrected chi connectivity index (χ4v) is 3.43. The standard InChI is InChI=1S/C19H23N3O4S2/c1-27-12-11-17(22-18(23)15-5-3-2-4-6-15)19(24)21-13-14-7-9-16(10-8-14)28(20,25)26/h2-10,17H,11-13H2,1H3,(H,21,24)(H,22,23)(H2,20,25,26)/t17-/m1/s1. The highest BCUT2D eigenvalue weighted by Gasteiger charge is 2.21. The van der Waals surface area contributed by atoms with Crippen LogP contribution in [-0.2, 0) is 21.4 Å². The summed E-state index contributed by atoms with van der Waals surface area (Å²) in [5.41, 5.74) is 1.21. The van der Waals surface area contributed by atoms with Crippen molar-refractivity contribution in [2.45, 2.75) is 23.9 Å². The fourth-order valence-electron chi connectivity index (χ4n) is 2.44. The predicted molar refractivity (Wildman–Crippen MR) is 110 cm³/mol. The van der Waals surface area contributed by atoms with Gasteiger partial charge in [0.25, 0.3) is 5.91 Å². The number of benzene rings is 2. The molecule has 4 N–H and O–H groups in total. The number of hydrogen-bond acceptors (Lipinski definition) is 5. The van der Waals surface area contributed by atoms with Crippen molar-refractivity contribution in [3.63, 3.8) is 0 Å². The summed E-state index contributed by atoms with van der Waals surface area (Å²) in [6.07, 6.45) is 2.43. The fraction of sp³-hybridized carbons (Fsp3) is 0.263. The maximum absolute atomic E-state index is 12.6. The van der Waals surface area contributed by atoms with E-state index in [0.29, 0.717) is 12.0 Å². The Hall–Kier alpha value is -2.36. The number of nitrogens with one attached hydrogen (secondary N) is 2. The lowest BCUT2D eigenvalue weighted by Crippen LogP contribution is -2.46. The van der Waals surface area contributed by atoms with Gasteiger partial charge >= 0.3 is 0 Å². The smallest absolute Gasteiger partial charge is 0.251 e. The third kappa shape index (κ3) is 6.66. The normalized spacial score (nSPS) is 12.2. The van der Waals surface area contributed by atoms with E-state index in [0.717, 1.165) is 11.3 Å². The minimum atomic E-state index is -3.75. The average molecular weight is 422 g/mol. The van der Waals surface area contributed by atoms with E-state index in [9.17, 15) is 18.0 Å². The van der Waals surface area contributed by atoms with Crippen molar-refractivity contribution < 1.29 is 18.0 Å². The first-order chi connectivity index (χ1) is 13.3. The molecule has 28 heavy (non-hydrogen) atoms. The van der Waals surface area contributed by atoms with Crippen molar-refractivity contribution in [3.8, 4) is 0 Å². The summed E-state index contributed by atoms with van der Waals surface area (Å²) in [5, 5.41) is 10.6. The summed E-state index contributed by atoms with van der Waals surface area (Å²) in [7, 11) is -3.75. The second-order valence-electron chi connectivity index (χ2n) is 6.08. The molecule has 2 aromatic rings. The highest BCUT2D eigenvalue weighted by Crippen LogP contribution is 2.09. The number of amides is 2. The minimum absolute atomic E-state index is 0.00977. The Labute approximate surface area is 169 Å². The highest BCUT2D eigenvalue weighted by molar-refractivity contribution is 7.98. The quantitative estimate of drug-likeness (QED) is 0.567. The molecule has 0 radical (unpaired) electrons. The zero-order valence-corrected chi connectivity index (χ0v) is 17.1. The van der Waals surface area contributed by atoms with Crippen molar-refractivity contribution >= 4 is 33.6 Å². The van der Waals surface area contributed by atoms with Gasteiger partial charge in [-0.3, -0.25) is 9.59 Å². The maximum atomic E-state index is 12.6. The Morgan fingerprint density at radius 1 is 1.07 bits per heavy atom. The van der Waals surface area contributed by atoms with Crippen LogP contribution in [0.4, 0.5) is 0 Å². The molecule has 0 saturated heterocycles. The molecule has 0 aromatic heterocycles. The number of hydrogen-bond donors (Lipinski definition) is 3. The first-order valence-corrected chi connectivity index (χ1v) is 11.5. The average Bonchev–Trinajstić information content (AvgIpc) is 2.69. The number of thioether (sulfide) groups is 1. The largest absolute Gasteiger partial charge is 0.350 e. The van der Waals surface area contributed by atoms with E-state index in [1.807, 2.05) is 12.3 Å². The third-order valence-electron chi connectivity index (χ3n) is 3.99. The van der Waals surface area contributed by atoms with E-state index in [1.54, 1.807) is 48.2 Å². The zero-order chi connectivity index (χ0) is 20.6. The van der Waals surface area contributed by atoms with Gasteiger partial charge in [-0.25, -0.2) is 13.6 Å². The summed E-state index contributed by atoms with van der Waals surface area (Å²) in [6.45, 7) is 0.209. The van der Waals surface area contributed by atoms with E-state index >= 15 is 0 Å². The Balaban J connectivity index is 1.99. The molecule has 2 rings (SSSR count). The molecule has 0 unspecified atom stereocenters. The van der Waals surface area contributed by atoms with Crippen LogP contribution >= 0.6 is 11.8 Å². The molecule has 0 aliphatic rings. The molecular weight excluding hydrogens is 398 g/mol. The summed E-state index contributed by atoms with van der Waals surface area (Å²) < 4.78 is 22.6. The molecule has 0 saturated carbocycles. The Morgan fingerprint density at radius 3 is 2.29 bits per heavy atom. The van der Waals surface area contributed by atoms with Crippen molar-refractivity contribution in [1.29, 1.82) is 0 Å². The molecule has 0 heterocycles. The van der Waals surface area contributed by atoms with Gasteiger partial charge in [0.05, 0.1) is 4.90 Å². The minimum Gasteiger partial charge on any atom is -0.350 e. The Bertz CT molecular complexity index is 901. The lowest BCUT2D eigenvalue weighted by atomic mass is 10.1. The van der Waals surface area contributed by atoms with Crippen LogP contribution in [0.3, 0.4) is 0 Å². The lowest BCUT2D eigenvalue weighted by molar-refractivity contribution is -0.123. The van der Waals surface area contributed by atoms with Gasteiger partial charge in [-0.05, 0) is 48.3 Å². The van der Waals surface area contributed by atoms with Gasteiger partial charge in [-0.15, -0.1) is 0 Å². The van der Waals surface area contributed by atoms with Crippen molar-refractivity contribution in [2.24, 2.45) is 5.14 Å². The van der Waals surface area contributed by atoms with Crippen molar-refractivity contribution in [1.82, 2.24) is 10.6 Å². The molecule has 7 nitrogen and oxygen atoms in total. The van der Waals surface area contributed by atoms with Crippen LogP contribution in [0.15, 0.2) is 59.5 Å². The third-order valence-corrected chi connectivity index (χ3v) is 5.56. The van der Waals surface area contributed by atoms with Gasteiger partial charge < -0.3 is 10.6 Å². The van der Waals surface area contributed by atoms with Crippen LogP contribution in [0.5, 0.6) is 0 Å². The van der Waals surface area contributed by atoms with E-state index in [1.165, 1.54) is 12.1 Å². The van der Waals surface area contributed by atoms with E-state index in [4.69, 9.17) is 5.14 Å². The number of primary sulfonamides is 1. The molecule has 0 aliphatic carbocycles. The molecule has 9 heteroatoms. The molecule has 0 spiro atoms. The molecule has 0 bridgehead atoms. The Morgan fingerprint density at radius 2 is 1.71 bits per heavy atom. The van der Waals surface area contributed by atoms with Gasteiger partial charge in [0, 0.05) is 12.1 Å². The number of rotatable bonds is 9. The van der Waals surface area contributed by atoms with Crippen LogP contribution < -0.4 is 15.8 Å². The van der Waals surface area contributed by atoms with Crippen LogP contribution in [0, 0.1) is 0 Å². The summed E-state index contributed by atoms with van der Waals surface area (Å²) in [5.74, 6) is 0.115. The van der Waals surface area contributed by atoms with Gasteiger partial charge in [-0.1, -0.05) is 30.3 Å². The van der Waals surface area contributed by atoms with Crippen LogP contribution in [-0.4, -0.2) is 38.3 Å². The van der Waals surface area contributed by atoms with Gasteiger partial charge in [0.2, 0.25) is 15.9 Å². The second kappa shape index (κ2) is 10.3. The summed E-state index contributed by atoms with van der Waals surface area (Å²) in [4.78, 5) is 24.9. The molecule has 2 amide bonds. The lowest BCUT2D eigenvalue weighted by Gasteiger charge is -2.18. The molecule has 2 aromatic carbocycles. The number of sulfonamides is 1. The molecular formula is C19H23N3O4S2. The van der Waals surface area contributed by atoms with Crippen molar-refractivity contribution in [2.75, 3.05) is 12.0 Å². The zero-order valence-electron chi connectivity index (χ0n) is 15.4. The monoisotopic (exact) mass is 421 g/mol. The molecule has 0 aliphatic heterocycles. The number of nitrogens with two attached hydrogens (primary N) is 1. The Kier molecular flexibility index (Phi) is 8.04. The summed E-state index contributed by atoms with van der Waals surface area (Å²) >= 11 is 1.59. The van der Waals surface area contributed by atoms with Crippen molar-refractivity contribution in [3.05, 3.63) is 65.7 Å². The maximum Gasteiger partial charge on any atom is 0.251 e. The summed E-state index contributed by atoms with van der Waals surface area (Å²) in [6, 6.07) is 14.0. The number of carbonyl (C=O) groups is 2. The number of carbonyl (C=O) groups excluding carboxylic acids is 2. The topological polar surface area (TPSA) is 118 Å². The first-order valence-electron chi connectivity index (χ1n) is 8.55. The van der Waals surface area contributed by atoms with E-state index in [2.05, 4.69) is 10.6 Å². The van der Waals surface area contributed by atoms with Gasteiger partial charge in [-0.2, -0.15) is 11.8 Å². The molecule has 1 atom stereocenters. The second-order valence-corrected chi connectivity index (χ2v) is 8.63. The van der Waals surface area contributed by atoms with Gasteiger partial charge in [0.15, 0.2) is 0 Å². The van der Waals surface area contributed by atoms with E-state index in [-0.39, 0.29) is 23.3 Å². The first kappa shape index (κ1) is 21.9. The van der Waals surface area contributed by atoms with Crippen LogP contribution in [0.1, 0.15) is 22.3 Å². The molecule has 0 fully saturated rings. The van der Waals surface area contributed by atoms with Crippen LogP contribution in [0.25, 0.3) is 0 Å². The highest BCUT2D eigenvalue weighted by atomic mass is 32.2. The molecule has 150 valence electrons. The van der Waals surface area contributed by atoms with Crippen LogP contribution in [0.2, 0.25) is 0 Å². The predicted octanol–water partition coefficient (Wildman–Crippen LogP) is 1.50. The van der Waals surface area contributed by atoms with E-state index < -0.39 is 16.1 Å².